The second kappa shape index (κ2) is 8.21. The predicted molar refractivity (Wildman–Crippen MR) is 111 cm³/mol. The van der Waals surface area contributed by atoms with E-state index in [2.05, 4.69) is 0 Å². The second-order valence-corrected chi connectivity index (χ2v) is 7.40. The van der Waals surface area contributed by atoms with Gasteiger partial charge in [-0.05, 0) is 35.9 Å². The quantitative estimate of drug-likeness (QED) is 0.383. The van der Waals surface area contributed by atoms with Crippen LogP contribution in [0, 0.1) is 5.82 Å². The van der Waals surface area contributed by atoms with E-state index in [-0.39, 0.29) is 23.0 Å². The van der Waals surface area contributed by atoms with Gasteiger partial charge >= 0.3 is 12.1 Å². The van der Waals surface area contributed by atoms with Crippen molar-refractivity contribution in [1.29, 1.82) is 0 Å². The first-order valence-electron chi connectivity index (χ1n) is 9.70. The molecule has 0 aliphatic heterocycles. The average molecular weight is 477 g/mol. The van der Waals surface area contributed by atoms with Crippen LogP contribution in [0.3, 0.4) is 0 Å². The summed E-state index contributed by atoms with van der Waals surface area (Å²) >= 11 is 0. The van der Waals surface area contributed by atoms with Crippen LogP contribution in [0.2, 0.25) is 0 Å². The van der Waals surface area contributed by atoms with Crippen LogP contribution in [-0.2, 0) is 17.5 Å². The van der Waals surface area contributed by atoms with Crippen LogP contribution < -0.4 is 10.9 Å². The number of carbonyl (C=O) groups is 2. The predicted octanol–water partition coefficient (Wildman–Crippen LogP) is 2.98. The lowest BCUT2D eigenvalue weighted by atomic mass is 10.1. The summed E-state index contributed by atoms with van der Waals surface area (Å²) in [4.78, 5) is 36.6. The van der Waals surface area contributed by atoms with Crippen LogP contribution >= 0.6 is 0 Å². The van der Waals surface area contributed by atoms with Crippen LogP contribution in [0.4, 0.5) is 17.6 Å². The maximum atomic E-state index is 13.3. The van der Waals surface area contributed by atoms with E-state index < -0.39 is 52.9 Å². The van der Waals surface area contributed by atoms with Gasteiger partial charge in [-0.2, -0.15) is 13.2 Å². The van der Waals surface area contributed by atoms with Gasteiger partial charge in [0, 0.05) is 5.39 Å². The molecule has 0 spiro atoms. The second-order valence-electron chi connectivity index (χ2n) is 7.40. The Morgan fingerprint density at radius 2 is 1.68 bits per heavy atom. The summed E-state index contributed by atoms with van der Waals surface area (Å²) in [5.74, 6) is -3.95. The topological polar surface area (TPSA) is 113 Å². The number of carboxylic acids is 1. The molecule has 4 rings (SSSR count). The van der Waals surface area contributed by atoms with E-state index in [1.165, 1.54) is 18.2 Å². The highest BCUT2D eigenvalue weighted by molar-refractivity contribution is 6.01. The number of carboxylic acid groups (broad SMARTS) is 1. The standard InChI is InChI=1S/C22H15F4N3O5/c23-14-5-1-11(2-6-14)10-28-21(34)18(20(33)27-9-17(30)31)19(32)16-7-12-3-4-13(22(24,25)26)8-15(12)29(16)28/h1-8,32H,9-10H2,(H,27,33)(H,30,31). The Labute approximate surface area is 187 Å². The number of hydrogen-bond donors (Lipinski definition) is 3. The van der Waals surface area contributed by atoms with Crippen molar-refractivity contribution in [2.24, 2.45) is 0 Å². The molecule has 0 atom stereocenters. The van der Waals surface area contributed by atoms with E-state index in [0.29, 0.717) is 5.56 Å². The van der Waals surface area contributed by atoms with Gasteiger partial charge in [-0.15, -0.1) is 0 Å². The van der Waals surface area contributed by atoms with Crippen LogP contribution in [0.15, 0.2) is 53.3 Å². The molecule has 4 aromatic rings. The molecule has 0 saturated carbocycles. The molecule has 1 amide bonds. The Bertz CT molecular complexity index is 1500. The Kier molecular flexibility index (Phi) is 5.51. The molecular formula is C22H15F4N3O5. The number of aromatic hydroxyl groups is 1. The fourth-order valence-electron chi connectivity index (χ4n) is 3.60. The van der Waals surface area contributed by atoms with Gasteiger partial charge in [0.1, 0.15) is 23.4 Å². The number of aliphatic carboxylic acids is 1. The zero-order valence-electron chi connectivity index (χ0n) is 17.1. The number of halogens is 4. The fourth-order valence-corrected chi connectivity index (χ4v) is 3.60. The SMILES string of the molecule is O=C(O)CNC(=O)c1c(O)c2cc3ccc(C(F)(F)F)cc3n2n(Cc2ccc(F)cc2)c1=O. The number of carbonyl (C=O) groups excluding carboxylic acids is 1. The van der Waals surface area contributed by atoms with Crippen molar-refractivity contribution in [2.45, 2.75) is 12.7 Å². The van der Waals surface area contributed by atoms with Crippen LogP contribution in [0.25, 0.3) is 16.4 Å². The van der Waals surface area contributed by atoms with Crippen molar-refractivity contribution < 1.29 is 37.4 Å². The molecule has 0 unspecified atom stereocenters. The smallest absolute Gasteiger partial charge is 0.416 e. The molecule has 0 aliphatic rings. The van der Waals surface area contributed by atoms with Crippen molar-refractivity contribution in [2.75, 3.05) is 6.54 Å². The lowest BCUT2D eigenvalue weighted by molar-refractivity contribution is -0.137. The first-order chi connectivity index (χ1) is 16.0. The van der Waals surface area contributed by atoms with E-state index in [1.54, 1.807) is 0 Å². The molecule has 2 heterocycles. The number of amides is 1. The van der Waals surface area contributed by atoms with Gasteiger partial charge in [0.2, 0.25) is 0 Å². The summed E-state index contributed by atoms with van der Waals surface area (Å²) in [7, 11) is 0. The maximum absolute atomic E-state index is 13.3. The molecule has 176 valence electrons. The summed E-state index contributed by atoms with van der Waals surface area (Å²) in [6.07, 6.45) is -4.68. The molecular weight excluding hydrogens is 462 g/mol. The van der Waals surface area contributed by atoms with Gasteiger partial charge in [-0.3, -0.25) is 14.4 Å². The summed E-state index contributed by atoms with van der Waals surface area (Å²) in [6.45, 7) is -1.13. The van der Waals surface area contributed by atoms with Gasteiger partial charge in [0.15, 0.2) is 5.75 Å². The Morgan fingerprint density at radius 1 is 1.00 bits per heavy atom. The number of aromatic nitrogens is 2. The molecule has 0 bridgehead atoms. The van der Waals surface area contributed by atoms with Gasteiger partial charge < -0.3 is 15.5 Å². The van der Waals surface area contributed by atoms with Gasteiger partial charge in [-0.1, -0.05) is 18.2 Å². The molecule has 0 radical (unpaired) electrons. The summed E-state index contributed by atoms with van der Waals surface area (Å²) in [6, 6.07) is 9.01. The number of fused-ring (bicyclic) bond motifs is 3. The zero-order chi connectivity index (χ0) is 24.8. The molecule has 0 fully saturated rings. The zero-order valence-corrected chi connectivity index (χ0v) is 17.1. The number of nitrogens with zero attached hydrogens (tertiary/aromatic N) is 2. The largest absolute Gasteiger partial charge is 0.505 e. The normalized spacial score (nSPS) is 11.8. The third-order valence-corrected chi connectivity index (χ3v) is 5.15. The summed E-state index contributed by atoms with van der Waals surface area (Å²) < 4.78 is 55.3. The highest BCUT2D eigenvalue weighted by Crippen LogP contribution is 2.34. The molecule has 12 heteroatoms. The number of hydrogen-bond acceptors (Lipinski definition) is 4. The summed E-state index contributed by atoms with van der Waals surface area (Å²) in [5, 5.41) is 21.7. The first-order valence-corrected chi connectivity index (χ1v) is 9.70. The van der Waals surface area contributed by atoms with E-state index in [1.807, 2.05) is 5.32 Å². The number of rotatable bonds is 5. The lowest BCUT2D eigenvalue weighted by Gasteiger charge is -2.16. The molecule has 3 N–H and O–H groups in total. The van der Waals surface area contributed by atoms with Crippen molar-refractivity contribution in [3.05, 3.63) is 81.4 Å². The maximum Gasteiger partial charge on any atom is 0.416 e. The van der Waals surface area contributed by atoms with E-state index in [9.17, 15) is 37.1 Å². The van der Waals surface area contributed by atoms with E-state index in [0.717, 1.165) is 39.5 Å². The highest BCUT2D eigenvalue weighted by Gasteiger charge is 2.31. The van der Waals surface area contributed by atoms with E-state index >= 15 is 0 Å². The minimum Gasteiger partial charge on any atom is -0.505 e. The Hall–Kier alpha value is -4.35. The molecule has 0 aliphatic carbocycles. The third-order valence-electron chi connectivity index (χ3n) is 5.15. The van der Waals surface area contributed by atoms with Gasteiger partial charge in [0.05, 0.1) is 17.6 Å². The summed E-state index contributed by atoms with van der Waals surface area (Å²) in [5.41, 5.74) is -2.72. The van der Waals surface area contributed by atoms with Crippen molar-refractivity contribution in [3.63, 3.8) is 0 Å². The van der Waals surface area contributed by atoms with Crippen molar-refractivity contribution >= 4 is 28.3 Å². The molecule has 0 saturated heterocycles. The Morgan fingerprint density at radius 3 is 2.29 bits per heavy atom. The minimum absolute atomic E-state index is 0.0724. The van der Waals surface area contributed by atoms with E-state index in [4.69, 9.17) is 5.11 Å². The molecule has 2 aromatic heterocycles. The molecule has 34 heavy (non-hydrogen) atoms. The first kappa shape index (κ1) is 22.8. The molecule has 8 nitrogen and oxygen atoms in total. The van der Waals surface area contributed by atoms with Crippen molar-refractivity contribution in [3.8, 4) is 5.75 Å². The van der Waals surface area contributed by atoms with Gasteiger partial charge in [0.25, 0.3) is 11.5 Å². The average Bonchev–Trinajstić information content (AvgIpc) is 3.15. The highest BCUT2D eigenvalue weighted by atomic mass is 19.4. The Balaban J connectivity index is 2.03. The third kappa shape index (κ3) is 4.05. The van der Waals surface area contributed by atoms with Gasteiger partial charge in [-0.25, -0.2) is 13.6 Å². The fraction of sp³-hybridized carbons (Fsp3) is 0.136. The van der Waals surface area contributed by atoms with Crippen LogP contribution in [-0.4, -0.2) is 37.8 Å². The monoisotopic (exact) mass is 477 g/mol. The van der Waals surface area contributed by atoms with Crippen molar-refractivity contribution in [1.82, 2.24) is 14.5 Å². The lowest BCUT2D eigenvalue weighted by Crippen LogP contribution is -2.37. The number of nitrogens with one attached hydrogen (secondary N) is 1. The number of benzene rings is 2. The number of alkyl halides is 3. The minimum atomic E-state index is -4.68. The van der Waals surface area contributed by atoms with Crippen LogP contribution in [0.5, 0.6) is 5.75 Å². The molecule has 2 aromatic carbocycles. The van der Waals surface area contributed by atoms with Crippen LogP contribution in [0.1, 0.15) is 21.5 Å².